The van der Waals surface area contributed by atoms with Crippen molar-refractivity contribution in [2.45, 2.75) is 37.5 Å². The molecule has 2 aromatic rings. The molecule has 2 aliphatic rings. The molecule has 0 fully saturated rings. The van der Waals surface area contributed by atoms with Crippen molar-refractivity contribution < 1.29 is 0 Å². The van der Waals surface area contributed by atoms with Gasteiger partial charge in [0.2, 0.25) is 0 Å². The second kappa shape index (κ2) is 5.21. The molecule has 1 aliphatic heterocycles. The van der Waals surface area contributed by atoms with E-state index < -0.39 is 0 Å². The Morgan fingerprint density at radius 1 is 1.00 bits per heavy atom. The van der Waals surface area contributed by atoms with E-state index in [-0.39, 0.29) is 6.04 Å². The number of thiophene rings is 1. The van der Waals surface area contributed by atoms with Gasteiger partial charge in [-0.25, -0.2) is 0 Å². The van der Waals surface area contributed by atoms with Crippen molar-refractivity contribution in [3.63, 3.8) is 0 Å². The molecule has 0 amide bonds. The van der Waals surface area contributed by atoms with Crippen LogP contribution < -0.4 is 5.73 Å². The summed E-state index contributed by atoms with van der Waals surface area (Å²) in [6, 6.07) is 9.29. The molecule has 0 spiro atoms. The maximum absolute atomic E-state index is 6.53. The molecular formula is C17H19NS2. The highest BCUT2D eigenvalue weighted by Gasteiger charge is 2.19. The zero-order valence-corrected chi connectivity index (χ0v) is 13.2. The quantitative estimate of drug-likeness (QED) is 0.904. The van der Waals surface area contributed by atoms with Crippen LogP contribution in [0, 0.1) is 0 Å². The Morgan fingerprint density at radius 3 is 2.80 bits per heavy atom. The predicted octanol–water partition coefficient (Wildman–Crippen LogP) is 4.07. The maximum atomic E-state index is 6.53. The molecule has 4 rings (SSSR count). The number of benzene rings is 1. The standard InChI is InChI=1S/C17H19NS2/c18-17(13-5-4-11-2-1-3-12(11)8-13)16-9-14-10-19-7-6-15(14)20-16/h4-5,8-9,17H,1-3,6-7,10,18H2. The number of fused-ring (bicyclic) bond motifs is 2. The molecule has 0 radical (unpaired) electrons. The Hall–Kier alpha value is -0.770. The van der Waals surface area contributed by atoms with E-state index in [1.54, 1.807) is 4.88 Å². The zero-order chi connectivity index (χ0) is 13.5. The van der Waals surface area contributed by atoms with Gasteiger partial charge in [0.1, 0.15) is 0 Å². The maximum Gasteiger partial charge on any atom is 0.0646 e. The summed E-state index contributed by atoms with van der Waals surface area (Å²) in [6.07, 6.45) is 5.00. The molecule has 104 valence electrons. The van der Waals surface area contributed by atoms with E-state index >= 15 is 0 Å². The van der Waals surface area contributed by atoms with E-state index in [1.807, 2.05) is 23.1 Å². The summed E-state index contributed by atoms with van der Waals surface area (Å²) >= 11 is 3.97. The van der Waals surface area contributed by atoms with Crippen LogP contribution in [-0.2, 0) is 25.0 Å². The number of nitrogens with two attached hydrogens (primary N) is 1. The largest absolute Gasteiger partial charge is 0.320 e. The fraction of sp³-hybridized carbons (Fsp3) is 0.412. The molecular weight excluding hydrogens is 282 g/mol. The van der Waals surface area contributed by atoms with Crippen LogP contribution >= 0.6 is 23.1 Å². The van der Waals surface area contributed by atoms with E-state index in [2.05, 4.69) is 24.3 Å². The van der Waals surface area contributed by atoms with Crippen molar-refractivity contribution >= 4 is 23.1 Å². The topological polar surface area (TPSA) is 26.0 Å². The predicted molar refractivity (Wildman–Crippen MR) is 88.7 cm³/mol. The molecule has 1 nitrogen and oxygen atoms in total. The molecule has 20 heavy (non-hydrogen) atoms. The van der Waals surface area contributed by atoms with Gasteiger partial charge in [-0.05, 0) is 59.8 Å². The first-order valence-corrected chi connectivity index (χ1v) is 9.35. The molecule has 0 bridgehead atoms. The third kappa shape index (κ3) is 2.22. The van der Waals surface area contributed by atoms with Crippen LogP contribution in [0.2, 0.25) is 0 Å². The molecule has 0 saturated carbocycles. The lowest BCUT2D eigenvalue weighted by atomic mass is 10.0. The average Bonchev–Trinajstić information content (AvgIpc) is 3.11. The molecule has 1 atom stereocenters. The minimum Gasteiger partial charge on any atom is -0.320 e. The Bertz CT molecular complexity index is 621. The number of thioether (sulfide) groups is 1. The minimum atomic E-state index is 0.0569. The van der Waals surface area contributed by atoms with Crippen molar-refractivity contribution in [3.8, 4) is 0 Å². The number of hydrogen-bond donors (Lipinski definition) is 1. The van der Waals surface area contributed by atoms with Gasteiger partial charge >= 0.3 is 0 Å². The van der Waals surface area contributed by atoms with Gasteiger partial charge < -0.3 is 5.73 Å². The summed E-state index contributed by atoms with van der Waals surface area (Å²) in [5.41, 5.74) is 12.4. The highest BCUT2D eigenvalue weighted by atomic mass is 32.2. The van der Waals surface area contributed by atoms with Crippen molar-refractivity contribution in [2.24, 2.45) is 5.73 Å². The highest BCUT2D eigenvalue weighted by Crippen LogP contribution is 2.36. The van der Waals surface area contributed by atoms with Crippen molar-refractivity contribution in [1.82, 2.24) is 0 Å². The van der Waals surface area contributed by atoms with Crippen LogP contribution in [0.3, 0.4) is 0 Å². The smallest absolute Gasteiger partial charge is 0.0646 e. The monoisotopic (exact) mass is 301 g/mol. The fourth-order valence-electron chi connectivity index (χ4n) is 3.27. The molecule has 2 heterocycles. The normalized spacial score (nSPS) is 18.6. The molecule has 1 aromatic carbocycles. The zero-order valence-electron chi connectivity index (χ0n) is 11.5. The summed E-state index contributed by atoms with van der Waals surface area (Å²) in [6.45, 7) is 0. The van der Waals surface area contributed by atoms with Gasteiger partial charge in [0, 0.05) is 15.5 Å². The molecule has 1 aromatic heterocycles. The Balaban J connectivity index is 1.66. The van der Waals surface area contributed by atoms with Gasteiger partial charge in [0.25, 0.3) is 0 Å². The second-order valence-electron chi connectivity index (χ2n) is 5.76. The SMILES string of the molecule is NC(c1ccc2c(c1)CCC2)c1cc2c(s1)CCSC2. The van der Waals surface area contributed by atoms with E-state index in [0.29, 0.717) is 0 Å². The molecule has 2 N–H and O–H groups in total. The van der Waals surface area contributed by atoms with Crippen molar-refractivity contribution in [2.75, 3.05) is 5.75 Å². The van der Waals surface area contributed by atoms with Gasteiger partial charge in [0.05, 0.1) is 6.04 Å². The van der Waals surface area contributed by atoms with Crippen molar-refractivity contribution in [1.29, 1.82) is 0 Å². The lowest BCUT2D eigenvalue weighted by Gasteiger charge is -2.12. The van der Waals surface area contributed by atoms with E-state index in [4.69, 9.17) is 5.73 Å². The Kier molecular flexibility index (Phi) is 3.37. The Morgan fingerprint density at radius 2 is 1.90 bits per heavy atom. The van der Waals surface area contributed by atoms with Crippen LogP contribution in [0.4, 0.5) is 0 Å². The van der Waals surface area contributed by atoms with Crippen LogP contribution in [0.15, 0.2) is 24.3 Å². The van der Waals surface area contributed by atoms with Crippen LogP contribution in [0.5, 0.6) is 0 Å². The van der Waals surface area contributed by atoms with Crippen LogP contribution in [-0.4, -0.2) is 5.75 Å². The van der Waals surface area contributed by atoms with Crippen LogP contribution in [0.25, 0.3) is 0 Å². The van der Waals surface area contributed by atoms with Gasteiger partial charge in [-0.2, -0.15) is 11.8 Å². The van der Waals surface area contributed by atoms with Crippen LogP contribution in [0.1, 0.15) is 44.5 Å². The van der Waals surface area contributed by atoms with Gasteiger partial charge in [-0.3, -0.25) is 0 Å². The third-order valence-electron chi connectivity index (χ3n) is 4.43. The van der Waals surface area contributed by atoms with E-state index in [1.165, 1.54) is 64.3 Å². The molecule has 1 aliphatic carbocycles. The van der Waals surface area contributed by atoms with Gasteiger partial charge in [-0.1, -0.05) is 18.2 Å². The molecule has 0 saturated heterocycles. The number of aryl methyl sites for hydroxylation is 3. The number of hydrogen-bond acceptors (Lipinski definition) is 3. The van der Waals surface area contributed by atoms with E-state index in [0.717, 1.165) is 0 Å². The van der Waals surface area contributed by atoms with Gasteiger partial charge in [-0.15, -0.1) is 11.3 Å². The summed E-state index contributed by atoms with van der Waals surface area (Å²) in [7, 11) is 0. The lowest BCUT2D eigenvalue weighted by molar-refractivity contribution is 0.886. The first-order valence-electron chi connectivity index (χ1n) is 7.38. The first kappa shape index (κ1) is 12.9. The molecule has 1 unspecified atom stereocenters. The fourth-order valence-corrected chi connectivity index (χ4v) is 5.68. The summed E-state index contributed by atoms with van der Waals surface area (Å²) in [5, 5.41) is 0. The minimum absolute atomic E-state index is 0.0569. The highest BCUT2D eigenvalue weighted by molar-refractivity contribution is 7.98. The summed E-state index contributed by atoms with van der Waals surface area (Å²) < 4.78 is 0. The third-order valence-corrected chi connectivity index (χ3v) is 6.76. The second-order valence-corrected chi connectivity index (χ2v) is 8.03. The van der Waals surface area contributed by atoms with E-state index in [9.17, 15) is 0 Å². The Labute approximate surface area is 128 Å². The number of rotatable bonds is 2. The molecule has 3 heteroatoms. The first-order chi connectivity index (χ1) is 9.81. The summed E-state index contributed by atoms with van der Waals surface area (Å²) in [5.74, 6) is 2.43. The average molecular weight is 301 g/mol. The lowest BCUT2D eigenvalue weighted by Crippen LogP contribution is -2.10. The van der Waals surface area contributed by atoms with Gasteiger partial charge in [0.15, 0.2) is 0 Å². The summed E-state index contributed by atoms with van der Waals surface area (Å²) in [4.78, 5) is 2.91. The van der Waals surface area contributed by atoms with Crippen molar-refractivity contribution in [3.05, 3.63) is 56.3 Å².